The second-order valence-corrected chi connectivity index (χ2v) is 8.19. The molecule has 3 N–H and O–H groups in total. The van der Waals surface area contributed by atoms with Crippen molar-refractivity contribution >= 4 is 33.8 Å². The number of esters is 1. The predicted octanol–water partition coefficient (Wildman–Crippen LogP) is 4.75. The molecule has 8 heteroatoms. The first-order valence-electron chi connectivity index (χ1n) is 10.0. The maximum atomic E-state index is 13.1. The summed E-state index contributed by atoms with van der Waals surface area (Å²) in [5.41, 5.74) is 7.99. The predicted molar refractivity (Wildman–Crippen MR) is 116 cm³/mol. The number of carbonyl (C=O) groups excluding carboxylic acids is 2. The molecular weight excluding hydrogens is 402 g/mol. The molecule has 1 aromatic carbocycles. The van der Waals surface area contributed by atoms with E-state index >= 15 is 0 Å². The zero-order chi connectivity index (χ0) is 21.1. The topological polar surface area (TPSA) is 107 Å². The number of thiophene rings is 1. The van der Waals surface area contributed by atoms with E-state index < -0.39 is 11.8 Å². The Bertz CT molecular complexity index is 1050. The summed E-state index contributed by atoms with van der Waals surface area (Å²) in [5.74, 6) is -0.866. The molecule has 7 nitrogen and oxygen atoms in total. The molecule has 1 aliphatic carbocycles. The van der Waals surface area contributed by atoms with Gasteiger partial charge in [0.25, 0.3) is 0 Å². The first-order valence-corrected chi connectivity index (χ1v) is 10.8. The zero-order valence-corrected chi connectivity index (χ0v) is 17.5. The van der Waals surface area contributed by atoms with Gasteiger partial charge >= 0.3 is 5.97 Å². The van der Waals surface area contributed by atoms with Crippen LogP contribution in [0.25, 0.3) is 11.3 Å². The third-order valence-corrected chi connectivity index (χ3v) is 6.26. The second-order valence-electron chi connectivity index (χ2n) is 7.17. The number of hydrogen-bond donors (Lipinski definition) is 2. The Morgan fingerprint density at radius 2 is 2.00 bits per heavy atom. The fraction of sp³-hybridized carbons (Fsp3) is 0.318. The van der Waals surface area contributed by atoms with Crippen molar-refractivity contribution in [2.24, 2.45) is 0 Å². The summed E-state index contributed by atoms with van der Waals surface area (Å²) in [4.78, 5) is 25.9. The van der Waals surface area contributed by atoms with Gasteiger partial charge in [0.1, 0.15) is 21.1 Å². The molecule has 0 aliphatic heterocycles. The van der Waals surface area contributed by atoms with Crippen molar-refractivity contribution in [1.82, 2.24) is 5.16 Å². The third kappa shape index (κ3) is 3.95. The van der Waals surface area contributed by atoms with Crippen LogP contribution in [0.4, 0.5) is 10.7 Å². The van der Waals surface area contributed by atoms with E-state index in [4.69, 9.17) is 15.0 Å². The van der Waals surface area contributed by atoms with Gasteiger partial charge in [0.15, 0.2) is 0 Å². The lowest BCUT2D eigenvalue weighted by Crippen LogP contribution is -2.17. The van der Waals surface area contributed by atoms with Crippen LogP contribution in [0.1, 0.15) is 58.4 Å². The van der Waals surface area contributed by atoms with Crippen LogP contribution in [0.3, 0.4) is 0 Å². The summed E-state index contributed by atoms with van der Waals surface area (Å²) in [6.45, 7) is 1.96. The standard InChI is InChI=1S/C22H23N3O4S/c1-2-28-22(27)17-18(23)20(30-21(17)24-14-10-6-7-11-14)19(26)16-12-15(25-29-16)13-8-4-3-5-9-13/h3-5,8-9,12,14,24H,2,6-7,10-11,23H2,1H3. The highest BCUT2D eigenvalue weighted by atomic mass is 32.1. The molecule has 4 rings (SSSR count). The van der Waals surface area contributed by atoms with Gasteiger partial charge in [0.05, 0.1) is 12.3 Å². The Kier molecular flexibility index (Phi) is 5.85. The Hall–Kier alpha value is -3.13. The minimum absolute atomic E-state index is 0.0737. The summed E-state index contributed by atoms with van der Waals surface area (Å²) in [6.07, 6.45) is 4.32. The monoisotopic (exact) mass is 425 g/mol. The van der Waals surface area contributed by atoms with Gasteiger partial charge in [-0.25, -0.2) is 4.79 Å². The number of nitrogens with two attached hydrogens (primary N) is 1. The number of ether oxygens (including phenoxy) is 1. The highest BCUT2D eigenvalue weighted by molar-refractivity contribution is 7.19. The van der Waals surface area contributed by atoms with Gasteiger partial charge in [-0.15, -0.1) is 11.3 Å². The summed E-state index contributed by atoms with van der Waals surface area (Å²) < 4.78 is 10.5. The summed E-state index contributed by atoms with van der Waals surface area (Å²) >= 11 is 1.16. The van der Waals surface area contributed by atoms with Crippen molar-refractivity contribution in [1.29, 1.82) is 0 Å². The largest absolute Gasteiger partial charge is 0.462 e. The molecule has 0 unspecified atom stereocenters. The van der Waals surface area contributed by atoms with Gasteiger partial charge in [-0.1, -0.05) is 48.3 Å². The fourth-order valence-corrected chi connectivity index (χ4v) is 4.75. The number of ketones is 1. The van der Waals surface area contributed by atoms with Crippen molar-refractivity contribution < 1.29 is 18.8 Å². The van der Waals surface area contributed by atoms with Crippen LogP contribution >= 0.6 is 11.3 Å². The molecule has 0 atom stereocenters. The number of nitrogens with zero attached hydrogens (tertiary/aromatic N) is 1. The Labute approximate surface area is 178 Å². The lowest BCUT2D eigenvalue weighted by atomic mass is 10.1. The first kappa shape index (κ1) is 20.2. The van der Waals surface area contributed by atoms with Crippen LogP contribution in [0.2, 0.25) is 0 Å². The number of anilines is 2. The third-order valence-electron chi connectivity index (χ3n) is 5.12. The van der Waals surface area contributed by atoms with E-state index in [1.807, 2.05) is 30.3 Å². The lowest BCUT2D eigenvalue weighted by Gasteiger charge is -2.13. The van der Waals surface area contributed by atoms with E-state index in [9.17, 15) is 9.59 Å². The molecule has 1 fully saturated rings. The number of hydrogen-bond acceptors (Lipinski definition) is 8. The van der Waals surface area contributed by atoms with Crippen molar-refractivity contribution in [2.75, 3.05) is 17.7 Å². The van der Waals surface area contributed by atoms with Crippen molar-refractivity contribution in [2.45, 2.75) is 38.6 Å². The smallest absolute Gasteiger partial charge is 0.343 e. The SMILES string of the molecule is CCOC(=O)c1c(NC2CCCC2)sc(C(=O)c2cc(-c3ccccc3)no2)c1N. The van der Waals surface area contributed by atoms with Gasteiger partial charge in [0, 0.05) is 17.7 Å². The quantitative estimate of drug-likeness (QED) is 0.415. The normalized spacial score (nSPS) is 14.0. The molecule has 0 saturated heterocycles. The van der Waals surface area contributed by atoms with Gasteiger partial charge in [-0.05, 0) is 19.8 Å². The van der Waals surface area contributed by atoms with Crippen molar-refractivity contribution in [3.63, 3.8) is 0 Å². The Balaban J connectivity index is 1.67. The summed E-state index contributed by atoms with van der Waals surface area (Å²) in [7, 11) is 0. The maximum absolute atomic E-state index is 13.1. The maximum Gasteiger partial charge on any atom is 0.343 e. The molecule has 1 saturated carbocycles. The highest BCUT2D eigenvalue weighted by Crippen LogP contribution is 2.39. The first-order chi connectivity index (χ1) is 14.6. The summed E-state index contributed by atoms with van der Waals surface area (Å²) in [6, 6.07) is 11.3. The molecule has 1 aliphatic rings. The van der Waals surface area contributed by atoms with Crippen molar-refractivity contribution in [3.8, 4) is 11.3 Å². The zero-order valence-electron chi connectivity index (χ0n) is 16.6. The van der Waals surface area contributed by atoms with E-state index in [0.29, 0.717) is 10.7 Å². The number of nitrogens with one attached hydrogen (secondary N) is 1. The fourth-order valence-electron chi connectivity index (χ4n) is 3.61. The Morgan fingerprint density at radius 3 is 2.70 bits per heavy atom. The average Bonchev–Trinajstić information content (AvgIpc) is 3.49. The molecular formula is C22H23N3O4S. The van der Waals surface area contributed by atoms with Crippen LogP contribution in [0.5, 0.6) is 0 Å². The van der Waals surface area contributed by atoms with E-state index in [1.54, 1.807) is 13.0 Å². The van der Waals surface area contributed by atoms with E-state index in [0.717, 1.165) is 42.6 Å². The number of benzene rings is 1. The highest BCUT2D eigenvalue weighted by Gasteiger charge is 2.30. The van der Waals surface area contributed by atoms with Gasteiger partial charge in [-0.2, -0.15) is 0 Å². The average molecular weight is 426 g/mol. The van der Waals surface area contributed by atoms with E-state index in [1.165, 1.54) is 0 Å². The molecule has 3 aromatic rings. The van der Waals surface area contributed by atoms with Crippen molar-refractivity contribution in [3.05, 3.63) is 52.6 Å². The molecule has 0 amide bonds. The number of nitrogen functional groups attached to an aromatic ring is 1. The molecule has 2 aromatic heterocycles. The molecule has 0 spiro atoms. The molecule has 30 heavy (non-hydrogen) atoms. The molecule has 0 bridgehead atoms. The van der Waals surface area contributed by atoms with E-state index in [-0.39, 0.29) is 34.5 Å². The van der Waals surface area contributed by atoms with Crippen LogP contribution in [-0.2, 0) is 4.74 Å². The van der Waals surface area contributed by atoms with Crippen LogP contribution in [0, 0.1) is 0 Å². The molecule has 2 heterocycles. The van der Waals surface area contributed by atoms with Crippen LogP contribution in [-0.4, -0.2) is 29.6 Å². The number of rotatable bonds is 7. The minimum atomic E-state index is -0.534. The van der Waals surface area contributed by atoms with E-state index in [2.05, 4.69) is 10.5 Å². The van der Waals surface area contributed by atoms with Gasteiger partial charge in [0.2, 0.25) is 11.5 Å². The lowest BCUT2D eigenvalue weighted by molar-refractivity contribution is 0.0529. The second kappa shape index (κ2) is 8.71. The molecule has 156 valence electrons. The van der Waals surface area contributed by atoms with Crippen LogP contribution < -0.4 is 11.1 Å². The Morgan fingerprint density at radius 1 is 1.27 bits per heavy atom. The number of carbonyl (C=O) groups is 2. The van der Waals surface area contributed by atoms with Gasteiger partial charge < -0.3 is 20.3 Å². The van der Waals surface area contributed by atoms with Gasteiger partial charge in [-0.3, -0.25) is 4.79 Å². The molecule has 0 radical (unpaired) electrons. The number of aromatic nitrogens is 1. The minimum Gasteiger partial charge on any atom is -0.462 e. The van der Waals surface area contributed by atoms with Crippen LogP contribution in [0.15, 0.2) is 40.9 Å². The summed E-state index contributed by atoms with van der Waals surface area (Å²) in [5, 5.41) is 7.96.